The summed E-state index contributed by atoms with van der Waals surface area (Å²) in [6, 6.07) is 9.01. The highest BCUT2D eigenvalue weighted by atomic mass is 16.5. The SMILES string of the molecule is COCC1CN(C(=O)NC2C3CCc4ccccc4C32)CC(C)O1. The summed E-state index contributed by atoms with van der Waals surface area (Å²) in [5.41, 5.74) is 2.89. The Morgan fingerprint density at radius 2 is 2.21 bits per heavy atom. The maximum absolute atomic E-state index is 12.7. The van der Waals surface area contributed by atoms with Gasteiger partial charge >= 0.3 is 6.03 Å². The van der Waals surface area contributed by atoms with Crippen LogP contribution in [0.4, 0.5) is 4.79 Å². The van der Waals surface area contributed by atoms with E-state index in [0.29, 0.717) is 37.6 Å². The standard InChI is InChI=1S/C19H26N2O3/c1-12-9-21(10-14(24-12)11-23-2)19(22)20-18-16-8-7-13-5-3-4-6-15(13)17(16)18/h3-6,12,14,16-18H,7-11H2,1-2H3,(H,20,22). The Bertz CT molecular complexity index is 620. The van der Waals surface area contributed by atoms with Crippen molar-refractivity contribution in [1.29, 1.82) is 0 Å². The van der Waals surface area contributed by atoms with Gasteiger partial charge in [-0.1, -0.05) is 24.3 Å². The van der Waals surface area contributed by atoms with Gasteiger partial charge in [0.1, 0.15) is 0 Å². The third-order valence-corrected chi connectivity index (χ3v) is 5.59. The summed E-state index contributed by atoms with van der Waals surface area (Å²) in [6.45, 7) is 3.78. The normalized spacial score (nSPS) is 34.2. The van der Waals surface area contributed by atoms with Crippen molar-refractivity contribution in [2.75, 3.05) is 26.8 Å². The van der Waals surface area contributed by atoms with E-state index in [1.807, 2.05) is 11.8 Å². The Morgan fingerprint density at radius 3 is 3.04 bits per heavy atom. The number of aryl methyl sites for hydroxylation is 1. The molecule has 1 N–H and O–H groups in total. The first-order valence-electron chi connectivity index (χ1n) is 8.95. The van der Waals surface area contributed by atoms with E-state index in [-0.39, 0.29) is 18.2 Å². The third-order valence-electron chi connectivity index (χ3n) is 5.59. The van der Waals surface area contributed by atoms with E-state index in [4.69, 9.17) is 9.47 Å². The first kappa shape index (κ1) is 15.9. The molecular weight excluding hydrogens is 304 g/mol. The van der Waals surface area contributed by atoms with Gasteiger partial charge in [0.15, 0.2) is 0 Å². The highest BCUT2D eigenvalue weighted by molar-refractivity contribution is 5.75. The first-order valence-corrected chi connectivity index (χ1v) is 8.95. The zero-order valence-corrected chi connectivity index (χ0v) is 14.4. The smallest absolute Gasteiger partial charge is 0.317 e. The third kappa shape index (κ3) is 2.91. The van der Waals surface area contributed by atoms with Crippen molar-refractivity contribution in [2.45, 2.75) is 43.9 Å². The maximum Gasteiger partial charge on any atom is 0.317 e. The van der Waals surface area contributed by atoms with Crippen LogP contribution in [0.1, 0.15) is 30.4 Å². The molecule has 1 saturated heterocycles. The number of hydrogen-bond donors (Lipinski definition) is 1. The number of rotatable bonds is 3. The van der Waals surface area contributed by atoms with Crippen molar-refractivity contribution in [3.63, 3.8) is 0 Å². The minimum absolute atomic E-state index is 0.0355. The number of ether oxygens (including phenoxy) is 2. The fourth-order valence-corrected chi connectivity index (χ4v) is 4.49. The minimum Gasteiger partial charge on any atom is -0.382 e. The lowest BCUT2D eigenvalue weighted by atomic mass is 9.92. The number of urea groups is 1. The Hall–Kier alpha value is -1.59. The Balaban J connectivity index is 1.39. The molecule has 2 amide bonds. The van der Waals surface area contributed by atoms with Crippen LogP contribution >= 0.6 is 0 Å². The van der Waals surface area contributed by atoms with Gasteiger partial charge in [-0.05, 0) is 36.8 Å². The predicted molar refractivity (Wildman–Crippen MR) is 91.1 cm³/mol. The number of nitrogens with one attached hydrogen (secondary N) is 1. The van der Waals surface area contributed by atoms with Gasteiger partial charge in [0.25, 0.3) is 0 Å². The Morgan fingerprint density at radius 1 is 1.38 bits per heavy atom. The van der Waals surface area contributed by atoms with Crippen molar-refractivity contribution in [1.82, 2.24) is 10.2 Å². The molecule has 1 aromatic rings. The van der Waals surface area contributed by atoms with Crippen LogP contribution in [-0.4, -0.2) is 56.0 Å². The van der Waals surface area contributed by atoms with Crippen molar-refractivity contribution in [3.8, 4) is 0 Å². The summed E-state index contributed by atoms with van der Waals surface area (Å²) in [7, 11) is 1.67. The van der Waals surface area contributed by atoms with Gasteiger partial charge in [0.05, 0.1) is 25.4 Å². The lowest BCUT2D eigenvalue weighted by Gasteiger charge is -2.36. The summed E-state index contributed by atoms with van der Waals surface area (Å²) < 4.78 is 11.0. The van der Waals surface area contributed by atoms with Crippen molar-refractivity contribution in [3.05, 3.63) is 35.4 Å². The van der Waals surface area contributed by atoms with E-state index in [2.05, 4.69) is 29.6 Å². The molecule has 1 aromatic carbocycles. The van der Waals surface area contributed by atoms with Gasteiger partial charge in [-0.2, -0.15) is 0 Å². The maximum atomic E-state index is 12.7. The van der Waals surface area contributed by atoms with E-state index in [1.54, 1.807) is 7.11 Å². The van der Waals surface area contributed by atoms with E-state index >= 15 is 0 Å². The number of nitrogens with zero attached hydrogens (tertiary/aromatic N) is 1. The molecule has 5 heteroatoms. The highest BCUT2D eigenvalue weighted by Crippen LogP contribution is 2.54. The van der Waals surface area contributed by atoms with Crippen molar-refractivity contribution in [2.24, 2.45) is 5.92 Å². The molecule has 4 rings (SSSR count). The van der Waals surface area contributed by atoms with Gasteiger partial charge in [-0.3, -0.25) is 0 Å². The number of methoxy groups -OCH3 is 1. The van der Waals surface area contributed by atoms with Gasteiger partial charge in [-0.15, -0.1) is 0 Å². The average molecular weight is 330 g/mol. The van der Waals surface area contributed by atoms with E-state index in [9.17, 15) is 4.79 Å². The number of fused-ring (bicyclic) bond motifs is 3. The number of benzene rings is 1. The molecule has 0 spiro atoms. The molecule has 2 fully saturated rings. The molecule has 2 aliphatic carbocycles. The van der Waals surface area contributed by atoms with Crippen LogP contribution in [0.15, 0.2) is 24.3 Å². The lowest BCUT2D eigenvalue weighted by molar-refractivity contribution is -0.0897. The first-order chi connectivity index (χ1) is 11.7. The van der Waals surface area contributed by atoms with Gasteiger partial charge in [0.2, 0.25) is 0 Å². The molecule has 3 aliphatic rings. The zero-order chi connectivity index (χ0) is 16.7. The highest BCUT2D eigenvalue weighted by Gasteiger charge is 2.54. The molecule has 1 aliphatic heterocycles. The molecular formula is C19H26N2O3. The quantitative estimate of drug-likeness (QED) is 0.924. The van der Waals surface area contributed by atoms with E-state index in [1.165, 1.54) is 17.5 Å². The van der Waals surface area contributed by atoms with Crippen molar-refractivity contribution >= 4 is 6.03 Å². The van der Waals surface area contributed by atoms with Crippen LogP contribution in [0.2, 0.25) is 0 Å². The Labute approximate surface area is 143 Å². The summed E-state index contributed by atoms with van der Waals surface area (Å²) in [6.07, 6.45) is 2.32. The predicted octanol–water partition coefficient (Wildman–Crippen LogP) is 2.16. The monoisotopic (exact) mass is 330 g/mol. The average Bonchev–Trinajstić information content (AvgIpc) is 3.28. The van der Waals surface area contributed by atoms with Crippen molar-refractivity contribution < 1.29 is 14.3 Å². The van der Waals surface area contributed by atoms with Crippen LogP contribution in [-0.2, 0) is 15.9 Å². The number of hydrogen-bond acceptors (Lipinski definition) is 3. The molecule has 24 heavy (non-hydrogen) atoms. The molecule has 1 saturated carbocycles. The summed E-state index contributed by atoms with van der Waals surface area (Å²) in [5.74, 6) is 1.12. The zero-order valence-electron chi connectivity index (χ0n) is 14.4. The second-order valence-electron chi connectivity index (χ2n) is 7.33. The topological polar surface area (TPSA) is 50.8 Å². The van der Waals surface area contributed by atoms with Crippen LogP contribution in [0.5, 0.6) is 0 Å². The summed E-state index contributed by atoms with van der Waals surface area (Å²) in [5, 5.41) is 3.28. The molecule has 0 bridgehead atoms. The number of morpholine rings is 1. The second kappa shape index (κ2) is 6.37. The lowest BCUT2D eigenvalue weighted by Crippen LogP contribution is -2.54. The number of carbonyl (C=O) groups is 1. The largest absolute Gasteiger partial charge is 0.382 e. The molecule has 1 heterocycles. The molecule has 5 nitrogen and oxygen atoms in total. The van der Waals surface area contributed by atoms with E-state index in [0.717, 1.165) is 6.42 Å². The van der Waals surface area contributed by atoms with Gasteiger partial charge < -0.3 is 19.7 Å². The molecule has 0 radical (unpaired) electrons. The molecule has 5 unspecified atom stereocenters. The molecule has 5 atom stereocenters. The van der Waals surface area contributed by atoms with Gasteiger partial charge in [0, 0.05) is 25.6 Å². The van der Waals surface area contributed by atoms with Gasteiger partial charge in [-0.25, -0.2) is 4.79 Å². The summed E-state index contributed by atoms with van der Waals surface area (Å²) in [4.78, 5) is 14.6. The number of amides is 2. The van der Waals surface area contributed by atoms with Crippen LogP contribution < -0.4 is 5.32 Å². The van der Waals surface area contributed by atoms with Crippen LogP contribution in [0.25, 0.3) is 0 Å². The second-order valence-corrected chi connectivity index (χ2v) is 7.33. The minimum atomic E-state index is -0.0355. The summed E-state index contributed by atoms with van der Waals surface area (Å²) >= 11 is 0. The van der Waals surface area contributed by atoms with E-state index < -0.39 is 0 Å². The Kier molecular flexibility index (Phi) is 4.22. The van der Waals surface area contributed by atoms with Crippen LogP contribution in [0.3, 0.4) is 0 Å². The molecule has 130 valence electrons. The molecule has 0 aromatic heterocycles. The fraction of sp³-hybridized carbons (Fsp3) is 0.632. The van der Waals surface area contributed by atoms with Crippen LogP contribution in [0, 0.1) is 5.92 Å². The number of carbonyl (C=O) groups excluding carboxylic acids is 1. The fourth-order valence-electron chi connectivity index (χ4n) is 4.49.